The molecular formula is C36H36N4. The lowest BCUT2D eigenvalue weighted by molar-refractivity contribution is 0.755. The fourth-order valence-electron chi connectivity index (χ4n) is 5.33. The minimum absolute atomic E-state index is 0.769. The maximum atomic E-state index is 4.73. The molecule has 1 heterocycles. The Labute approximate surface area is 237 Å². The molecule has 4 heteroatoms. The summed E-state index contributed by atoms with van der Waals surface area (Å²) in [7, 11) is 2.14. The Hall–Kier alpha value is -4.70. The summed E-state index contributed by atoms with van der Waals surface area (Å²) >= 11 is 0. The van der Waals surface area contributed by atoms with Crippen molar-refractivity contribution in [3.63, 3.8) is 0 Å². The summed E-state index contributed by atoms with van der Waals surface area (Å²) in [6.45, 7) is 17.7. The van der Waals surface area contributed by atoms with Gasteiger partial charge < -0.3 is 4.90 Å². The molecule has 4 aromatic carbocycles. The van der Waals surface area contributed by atoms with Crippen molar-refractivity contribution in [3.05, 3.63) is 149 Å². The van der Waals surface area contributed by atoms with E-state index in [1.54, 1.807) is 4.80 Å². The van der Waals surface area contributed by atoms with Crippen LogP contribution in [0.2, 0.25) is 0 Å². The van der Waals surface area contributed by atoms with E-state index in [9.17, 15) is 0 Å². The molecular weight excluding hydrogens is 488 g/mol. The number of benzene rings is 4. The highest BCUT2D eigenvalue weighted by atomic mass is 15.5. The van der Waals surface area contributed by atoms with Gasteiger partial charge >= 0.3 is 0 Å². The van der Waals surface area contributed by atoms with Gasteiger partial charge in [0.1, 0.15) is 11.0 Å². The first-order valence-corrected chi connectivity index (χ1v) is 13.6. The molecule has 0 aliphatic carbocycles. The van der Waals surface area contributed by atoms with Crippen LogP contribution in [-0.4, -0.2) is 22.0 Å². The third-order valence-corrected chi connectivity index (χ3v) is 7.30. The minimum Gasteiger partial charge on any atom is -0.370 e. The summed E-state index contributed by atoms with van der Waals surface area (Å²) in [5.74, 6) is 0. The molecule has 0 N–H and O–H groups in total. The zero-order chi connectivity index (χ0) is 28.4. The van der Waals surface area contributed by atoms with Gasteiger partial charge in [-0.2, -0.15) is 4.80 Å². The van der Waals surface area contributed by atoms with Gasteiger partial charge in [0.05, 0.1) is 5.69 Å². The fourth-order valence-corrected chi connectivity index (χ4v) is 5.33. The number of fused-ring (bicyclic) bond motifs is 1. The third kappa shape index (κ3) is 5.39. The smallest absolute Gasteiger partial charge is 0.113 e. The predicted octanol–water partition coefficient (Wildman–Crippen LogP) is 8.63. The monoisotopic (exact) mass is 524 g/mol. The van der Waals surface area contributed by atoms with Crippen LogP contribution in [0.4, 0.5) is 5.69 Å². The Kier molecular flexibility index (Phi) is 7.52. The molecule has 0 unspecified atom stereocenters. The van der Waals surface area contributed by atoms with E-state index >= 15 is 0 Å². The van der Waals surface area contributed by atoms with Crippen LogP contribution in [0.1, 0.15) is 41.7 Å². The van der Waals surface area contributed by atoms with Crippen molar-refractivity contribution in [2.75, 3.05) is 11.9 Å². The lowest BCUT2D eigenvalue weighted by Crippen LogP contribution is -2.18. The fraction of sp³-hybridized carbons (Fsp3) is 0.167. The van der Waals surface area contributed by atoms with Crippen LogP contribution in [0.25, 0.3) is 22.3 Å². The molecule has 5 rings (SSSR count). The molecule has 0 atom stereocenters. The second-order valence-electron chi connectivity index (χ2n) is 10.6. The van der Waals surface area contributed by atoms with Crippen molar-refractivity contribution < 1.29 is 0 Å². The zero-order valence-corrected chi connectivity index (χ0v) is 24.1. The summed E-state index contributed by atoms with van der Waals surface area (Å²) in [6, 6.07) is 31.7. The van der Waals surface area contributed by atoms with Crippen LogP contribution in [0.5, 0.6) is 0 Å². The van der Waals surface area contributed by atoms with Crippen molar-refractivity contribution in [2.45, 2.75) is 34.2 Å². The van der Waals surface area contributed by atoms with E-state index in [-0.39, 0.29) is 0 Å². The molecule has 200 valence electrons. The number of anilines is 1. The van der Waals surface area contributed by atoms with Gasteiger partial charge in [0.15, 0.2) is 0 Å². The number of aryl methyl sites for hydroxylation is 1. The predicted molar refractivity (Wildman–Crippen MR) is 169 cm³/mol. The highest BCUT2D eigenvalue weighted by Crippen LogP contribution is 2.34. The van der Waals surface area contributed by atoms with E-state index in [0.717, 1.165) is 62.4 Å². The molecule has 0 radical (unpaired) electrons. The summed E-state index contributed by atoms with van der Waals surface area (Å²) in [5, 5.41) is 9.46. The lowest BCUT2D eigenvalue weighted by atomic mass is 9.87. The molecule has 0 fully saturated rings. The summed E-state index contributed by atoms with van der Waals surface area (Å²) in [5.41, 5.74) is 14.2. The van der Waals surface area contributed by atoms with E-state index < -0.39 is 0 Å². The number of hydrogen-bond donors (Lipinski definition) is 0. The van der Waals surface area contributed by atoms with E-state index in [1.165, 1.54) is 16.7 Å². The van der Waals surface area contributed by atoms with Gasteiger partial charge in [-0.15, -0.1) is 10.2 Å². The van der Waals surface area contributed by atoms with Crippen molar-refractivity contribution in [1.29, 1.82) is 0 Å². The topological polar surface area (TPSA) is 34.0 Å². The highest BCUT2D eigenvalue weighted by molar-refractivity contribution is 5.87. The van der Waals surface area contributed by atoms with E-state index in [0.29, 0.717) is 0 Å². The molecule has 4 nitrogen and oxygen atoms in total. The van der Waals surface area contributed by atoms with Crippen molar-refractivity contribution in [3.8, 4) is 5.69 Å². The minimum atomic E-state index is 0.769. The first-order valence-electron chi connectivity index (χ1n) is 13.6. The second-order valence-corrected chi connectivity index (χ2v) is 10.6. The van der Waals surface area contributed by atoms with Gasteiger partial charge in [0.25, 0.3) is 0 Å². The van der Waals surface area contributed by atoms with Gasteiger partial charge in [0, 0.05) is 19.3 Å². The lowest BCUT2D eigenvalue weighted by Gasteiger charge is -2.23. The molecule has 1 aromatic heterocycles. The Bertz CT molecular complexity index is 1690. The van der Waals surface area contributed by atoms with Crippen LogP contribution in [0, 0.1) is 13.8 Å². The van der Waals surface area contributed by atoms with Gasteiger partial charge in [-0.1, -0.05) is 85.0 Å². The number of allylic oxidation sites excluding steroid dienone is 3. The maximum absolute atomic E-state index is 4.73. The van der Waals surface area contributed by atoms with Crippen molar-refractivity contribution >= 4 is 22.3 Å². The van der Waals surface area contributed by atoms with Crippen LogP contribution < -0.4 is 4.90 Å². The average molecular weight is 525 g/mol. The Morgan fingerprint density at radius 1 is 0.750 bits per heavy atom. The first kappa shape index (κ1) is 26.9. The van der Waals surface area contributed by atoms with E-state index in [2.05, 4.69) is 113 Å². The zero-order valence-electron chi connectivity index (χ0n) is 24.1. The molecule has 0 aliphatic rings. The summed E-state index contributed by atoms with van der Waals surface area (Å²) < 4.78 is 0. The largest absolute Gasteiger partial charge is 0.370 e. The summed E-state index contributed by atoms with van der Waals surface area (Å²) in [6.07, 6.45) is 0. The number of aromatic nitrogens is 3. The molecule has 0 aliphatic heterocycles. The van der Waals surface area contributed by atoms with Crippen LogP contribution in [0.15, 0.2) is 121 Å². The Balaban J connectivity index is 1.46. The van der Waals surface area contributed by atoms with Gasteiger partial charge in [0.2, 0.25) is 0 Å². The highest BCUT2D eigenvalue weighted by Gasteiger charge is 2.16. The normalized spacial score (nSPS) is 10.9. The molecule has 5 aromatic rings. The quantitative estimate of drug-likeness (QED) is 0.191. The van der Waals surface area contributed by atoms with Gasteiger partial charge in [-0.25, -0.2) is 0 Å². The SMILES string of the molecule is C=C(C)C(C(=C)C)=C(c1ccccc1)c1ccc(N(C)Cc2cc(C)cc(-n3nc4ccccc4n3)c2C)cc1. The van der Waals surface area contributed by atoms with Crippen LogP contribution in [-0.2, 0) is 6.54 Å². The van der Waals surface area contributed by atoms with Gasteiger partial charge in [-0.05, 0) is 97.0 Å². The van der Waals surface area contributed by atoms with Crippen molar-refractivity contribution in [2.24, 2.45) is 0 Å². The van der Waals surface area contributed by atoms with Crippen LogP contribution >= 0.6 is 0 Å². The summed E-state index contributed by atoms with van der Waals surface area (Å²) in [4.78, 5) is 4.05. The molecule has 0 saturated heterocycles. The Morgan fingerprint density at radius 2 is 1.30 bits per heavy atom. The standard InChI is InChI=1S/C36H36N4/c1-24(2)35(25(3)4)36(28-13-9-8-10-14-28)29-17-19-31(20-18-29)39(7)23-30-21-26(5)22-34(27(30)6)40-37-32-15-11-12-16-33(32)38-40/h8-22H,1,3,23H2,2,4-7H3. The second kappa shape index (κ2) is 11.2. The number of nitrogens with zero attached hydrogens (tertiary/aromatic N) is 4. The average Bonchev–Trinajstić information content (AvgIpc) is 3.38. The molecule has 40 heavy (non-hydrogen) atoms. The van der Waals surface area contributed by atoms with E-state index in [4.69, 9.17) is 10.2 Å². The molecule has 0 spiro atoms. The number of hydrogen-bond acceptors (Lipinski definition) is 3. The third-order valence-electron chi connectivity index (χ3n) is 7.30. The van der Waals surface area contributed by atoms with Crippen LogP contribution in [0.3, 0.4) is 0 Å². The Morgan fingerprint density at radius 3 is 1.88 bits per heavy atom. The molecule has 0 bridgehead atoms. The van der Waals surface area contributed by atoms with E-state index in [1.807, 2.05) is 30.3 Å². The van der Waals surface area contributed by atoms with Crippen molar-refractivity contribution in [1.82, 2.24) is 15.0 Å². The molecule has 0 saturated carbocycles. The first-order chi connectivity index (χ1) is 19.2. The molecule has 0 amide bonds. The maximum Gasteiger partial charge on any atom is 0.113 e. The number of rotatable bonds is 8. The van der Waals surface area contributed by atoms with Gasteiger partial charge in [-0.3, -0.25) is 0 Å².